The van der Waals surface area contributed by atoms with Crippen molar-refractivity contribution in [3.8, 4) is 16.4 Å². The van der Waals surface area contributed by atoms with Gasteiger partial charge in [-0.15, -0.1) is 16.4 Å². The van der Waals surface area contributed by atoms with Gasteiger partial charge in [0.25, 0.3) is 11.8 Å². The predicted molar refractivity (Wildman–Crippen MR) is 138 cm³/mol. The Morgan fingerprint density at radius 3 is 2.26 bits per heavy atom. The molecule has 35 heavy (non-hydrogen) atoms. The number of carbonyl (C=O) groups is 2. The van der Waals surface area contributed by atoms with Crippen LogP contribution in [0.25, 0.3) is 16.4 Å². The van der Waals surface area contributed by atoms with Crippen LogP contribution >= 0.6 is 11.3 Å². The van der Waals surface area contributed by atoms with Crippen molar-refractivity contribution in [2.75, 3.05) is 10.6 Å². The lowest BCUT2D eigenvalue weighted by molar-refractivity contribution is 0.101. The van der Waals surface area contributed by atoms with E-state index in [1.807, 2.05) is 78.2 Å². The molecule has 2 heterocycles. The highest BCUT2D eigenvalue weighted by atomic mass is 32.1. The summed E-state index contributed by atoms with van der Waals surface area (Å²) in [4.78, 5) is 31.4. The molecule has 5 rings (SSSR count). The van der Waals surface area contributed by atoms with Gasteiger partial charge in [0.1, 0.15) is 0 Å². The Morgan fingerprint density at radius 1 is 0.800 bits per heavy atom. The molecule has 0 unspecified atom stereocenters. The Balaban J connectivity index is 1.42. The van der Waals surface area contributed by atoms with Crippen LogP contribution in [0.3, 0.4) is 0 Å². The number of nitrogens with zero attached hydrogens (tertiary/aromatic N) is 3. The van der Waals surface area contributed by atoms with Crippen LogP contribution in [-0.4, -0.2) is 26.6 Å². The van der Waals surface area contributed by atoms with Crippen LogP contribution < -0.4 is 10.6 Å². The van der Waals surface area contributed by atoms with Crippen molar-refractivity contribution in [1.29, 1.82) is 0 Å². The van der Waals surface area contributed by atoms with Gasteiger partial charge in [0.05, 0.1) is 10.6 Å². The third-order valence-electron chi connectivity index (χ3n) is 5.41. The van der Waals surface area contributed by atoms with Crippen molar-refractivity contribution in [2.45, 2.75) is 6.92 Å². The summed E-state index contributed by atoms with van der Waals surface area (Å²) >= 11 is 1.52. The second-order valence-corrected chi connectivity index (χ2v) is 8.68. The Labute approximate surface area is 206 Å². The number of anilines is 2. The fraction of sp³-hybridized carbons (Fsp3) is 0.0370. The van der Waals surface area contributed by atoms with E-state index in [1.54, 1.807) is 29.8 Å². The molecule has 7 nitrogen and oxygen atoms in total. The summed E-state index contributed by atoms with van der Waals surface area (Å²) in [6.45, 7) is 1.79. The number of amides is 2. The largest absolute Gasteiger partial charge is 0.322 e. The molecule has 0 aliphatic heterocycles. The molecule has 0 radical (unpaired) electrons. The quantitative estimate of drug-likeness (QED) is 0.322. The molecule has 0 saturated heterocycles. The van der Waals surface area contributed by atoms with Crippen LogP contribution in [0.2, 0.25) is 0 Å². The number of para-hydroxylation sites is 2. The van der Waals surface area contributed by atoms with E-state index in [-0.39, 0.29) is 11.7 Å². The zero-order valence-corrected chi connectivity index (χ0v) is 19.6. The van der Waals surface area contributed by atoms with E-state index < -0.39 is 5.91 Å². The van der Waals surface area contributed by atoms with Gasteiger partial charge < -0.3 is 10.6 Å². The first-order chi connectivity index (χ1) is 17.1. The number of carbonyl (C=O) groups excluding carboxylic acids is 2. The number of rotatable bonds is 6. The molecule has 0 fully saturated rings. The van der Waals surface area contributed by atoms with Crippen molar-refractivity contribution in [3.05, 3.63) is 113 Å². The van der Waals surface area contributed by atoms with E-state index in [9.17, 15) is 9.59 Å². The molecular formula is C27H21N5O2S. The molecule has 2 amide bonds. The summed E-state index contributed by atoms with van der Waals surface area (Å²) in [6.07, 6.45) is 0. The first-order valence-electron chi connectivity index (χ1n) is 10.9. The Bertz CT molecular complexity index is 1480. The van der Waals surface area contributed by atoms with E-state index in [1.165, 1.54) is 11.3 Å². The van der Waals surface area contributed by atoms with Gasteiger partial charge >= 0.3 is 0 Å². The third-order valence-corrected chi connectivity index (χ3v) is 6.28. The average molecular weight is 480 g/mol. The van der Waals surface area contributed by atoms with Gasteiger partial charge in [-0.05, 0) is 60.3 Å². The normalized spacial score (nSPS) is 10.7. The topological polar surface area (TPSA) is 88.9 Å². The molecule has 0 bridgehead atoms. The number of hydrogen-bond donors (Lipinski definition) is 2. The van der Waals surface area contributed by atoms with E-state index in [2.05, 4.69) is 20.7 Å². The number of nitrogens with one attached hydrogen (secondary N) is 2. The molecule has 5 aromatic rings. The maximum absolute atomic E-state index is 13.2. The van der Waals surface area contributed by atoms with Crippen molar-refractivity contribution >= 4 is 34.5 Å². The summed E-state index contributed by atoms with van der Waals surface area (Å²) in [7, 11) is 0. The van der Waals surface area contributed by atoms with Gasteiger partial charge in [-0.3, -0.25) is 9.59 Å². The van der Waals surface area contributed by atoms with Crippen LogP contribution in [0.5, 0.6) is 0 Å². The highest BCUT2D eigenvalue weighted by Crippen LogP contribution is 2.26. The van der Waals surface area contributed by atoms with E-state index in [0.29, 0.717) is 28.3 Å². The number of aromatic nitrogens is 3. The summed E-state index contributed by atoms with van der Waals surface area (Å²) in [5, 5.41) is 12.2. The van der Waals surface area contributed by atoms with Crippen LogP contribution in [-0.2, 0) is 0 Å². The maximum atomic E-state index is 13.2. The van der Waals surface area contributed by atoms with Crippen LogP contribution in [0.15, 0.2) is 96.4 Å². The molecular weight excluding hydrogens is 458 g/mol. The second-order valence-electron chi connectivity index (χ2n) is 7.74. The van der Waals surface area contributed by atoms with Crippen molar-refractivity contribution in [2.24, 2.45) is 0 Å². The minimum Gasteiger partial charge on any atom is -0.322 e. The van der Waals surface area contributed by atoms with E-state index >= 15 is 0 Å². The predicted octanol–water partition coefficient (Wildman–Crippen LogP) is 5.81. The Hall–Kier alpha value is -4.56. The molecule has 8 heteroatoms. The summed E-state index contributed by atoms with van der Waals surface area (Å²) in [6, 6.07) is 27.9. The van der Waals surface area contributed by atoms with Gasteiger partial charge in [0.15, 0.2) is 5.82 Å². The summed E-state index contributed by atoms with van der Waals surface area (Å²) in [5.41, 5.74) is 3.13. The molecule has 172 valence electrons. The SMILES string of the molecule is Cc1c(NC(=O)c2nc(-c3cccs3)n(-c3ccccc3)n2)cccc1C(=O)Nc1ccccc1. The molecule has 0 spiro atoms. The van der Waals surface area contributed by atoms with Gasteiger partial charge in [0, 0.05) is 16.9 Å². The van der Waals surface area contributed by atoms with Gasteiger partial charge in [0.2, 0.25) is 5.82 Å². The van der Waals surface area contributed by atoms with Crippen LogP contribution in [0.4, 0.5) is 11.4 Å². The first kappa shape index (κ1) is 22.2. The Kier molecular flexibility index (Phi) is 6.19. The Morgan fingerprint density at radius 2 is 1.54 bits per heavy atom. The standard InChI is InChI=1S/C27H21N5O2S/c1-18-21(26(33)28-19-10-4-2-5-11-19)14-8-15-22(18)29-27(34)24-30-25(23-16-9-17-35-23)32(31-24)20-12-6-3-7-13-20/h2-17H,1H3,(H,28,33)(H,29,34). The van der Waals surface area contributed by atoms with Crippen molar-refractivity contribution in [3.63, 3.8) is 0 Å². The van der Waals surface area contributed by atoms with Crippen molar-refractivity contribution in [1.82, 2.24) is 14.8 Å². The molecule has 2 N–H and O–H groups in total. The lowest BCUT2D eigenvalue weighted by Crippen LogP contribution is -2.18. The smallest absolute Gasteiger partial charge is 0.295 e. The van der Waals surface area contributed by atoms with E-state index in [4.69, 9.17) is 0 Å². The zero-order chi connectivity index (χ0) is 24.2. The van der Waals surface area contributed by atoms with Gasteiger partial charge in [-0.1, -0.05) is 48.5 Å². The highest BCUT2D eigenvalue weighted by Gasteiger charge is 2.21. The van der Waals surface area contributed by atoms with Crippen LogP contribution in [0.1, 0.15) is 26.5 Å². The summed E-state index contributed by atoms with van der Waals surface area (Å²) < 4.78 is 1.66. The zero-order valence-electron chi connectivity index (χ0n) is 18.8. The summed E-state index contributed by atoms with van der Waals surface area (Å²) in [5.74, 6) is -0.0858. The number of hydrogen-bond acceptors (Lipinski definition) is 5. The maximum Gasteiger partial charge on any atom is 0.295 e. The molecule has 3 aromatic carbocycles. The fourth-order valence-corrected chi connectivity index (χ4v) is 4.34. The molecule has 0 aliphatic carbocycles. The van der Waals surface area contributed by atoms with Gasteiger partial charge in [-0.25, -0.2) is 9.67 Å². The van der Waals surface area contributed by atoms with Crippen molar-refractivity contribution < 1.29 is 9.59 Å². The molecule has 0 saturated carbocycles. The van der Waals surface area contributed by atoms with Crippen LogP contribution in [0, 0.1) is 6.92 Å². The lowest BCUT2D eigenvalue weighted by Gasteiger charge is -2.12. The highest BCUT2D eigenvalue weighted by molar-refractivity contribution is 7.13. The first-order valence-corrected chi connectivity index (χ1v) is 11.8. The minimum absolute atomic E-state index is 0.0378. The van der Waals surface area contributed by atoms with Gasteiger partial charge in [-0.2, -0.15) is 0 Å². The fourth-order valence-electron chi connectivity index (χ4n) is 3.64. The molecule has 0 atom stereocenters. The second kappa shape index (κ2) is 9.74. The average Bonchev–Trinajstić information content (AvgIpc) is 3.57. The lowest BCUT2D eigenvalue weighted by atomic mass is 10.1. The number of thiophene rings is 1. The minimum atomic E-state index is -0.457. The van der Waals surface area contributed by atoms with E-state index in [0.717, 1.165) is 10.6 Å². The number of benzene rings is 3. The molecule has 2 aromatic heterocycles. The molecule has 0 aliphatic rings. The monoisotopic (exact) mass is 479 g/mol. The third kappa shape index (κ3) is 4.73.